The second-order valence-electron chi connectivity index (χ2n) is 5.27. The van der Waals surface area contributed by atoms with Crippen LogP contribution in [0.25, 0.3) is 0 Å². The average Bonchev–Trinajstić information content (AvgIpc) is 3.09. The molecule has 1 saturated carbocycles. The Bertz CT molecular complexity index is 171. The number of nitrogens with zero attached hydrogens (tertiary/aromatic N) is 1. The molecule has 0 aromatic rings. The third kappa shape index (κ3) is 3.76. The fraction of sp³-hybridized carbons (Fsp3) is 1.00. The first-order chi connectivity index (χ1) is 7.40. The lowest BCUT2D eigenvalue weighted by molar-refractivity contribution is 0.229. The van der Waals surface area contributed by atoms with E-state index in [2.05, 4.69) is 17.1 Å². The van der Waals surface area contributed by atoms with Crippen molar-refractivity contribution in [3.05, 3.63) is 0 Å². The van der Waals surface area contributed by atoms with Gasteiger partial charge in [-0.15, -0.1) is 0 Å². The Morgan fingerprint density at radius 2 is 2.07 bits per heavy atom. The number of nitrogens with one attached hydrogen (secondary N) is 1. The molecule has 1 unspecified atom stereocenters. The van der Waals surface area contributed by atoms with Gasteiger partial charge < -0.3 is 10.2 Å². The van der Waals surface area contributed by atoms with Crippen LogP contribution in [-0.4, -0.2) is 37.1 Å². The third-order valence-corrected chi connectivity index (χ3v) is 3.80. The summed E-state index contributed by atoms with van der Waals surface area (Å²) in [5, 5.41) is 3.52. The molecular formula is C13H26N2. The van der Waals surface area contributed by atoms with Gasteiger partial charge in [0.05, 0.1) is 0 Å². The lowest BCUT2D eigenvalue weighted by Gasteiger charge is -2.27. The van der Waals surface area contributed by atoms with E-state index in [0.29, 0.717) is 0 Å². The first-order valence-electron chi connectivity index (χ1n) is 6.85. The summed E-state index contributed by atoms with van der Waals surface area (Å²) in [5.41, 5.74) is 0. The standard InChI is InChI=1S/C13H26N2/c1-2-9-15(13-5-6-13)10-7-12-4-3-8-14-11-12/h12-14H,2-11H2,1H3. The first-order valence-corrected chi connectivity index (χ1v) is 6.85. The van der Waals surface area contributed by atoms with Crippen LogP contribution in [0, 0.1) is 5.92 Å². The van der Waals surface area contributed by atoms with E-state index in [0.717, 1.165) is 12.0 Å². The van der Waals surface area contributed by atoms with E-state index < -0.39 is 0 Å². The first kappa shape index (κ1) is 11.4. The third-order valence-electron chi connectivity index (χ3n) is 3.80. The van der Waals surface area contributed by atoms with E-state index in [1.54, 1.807) is 0 Å². The van der Waals surface area contributed by atoms with E-state index >= 15 is 0 Å². The zero-order chi connectivity index (χ0) is 10.5. The van der Waals surface area contributed by atoms with Gasteiger partial charge in [-0.2, -0.15) is 0 Å². The highest BCUT2D eigenvalue weighted by molar-refractivity contribution is 4.84. The van der Waals surface area contributed by atoms with Gasteiger partial charge in [-0.05, 0) is 70.6 Å². The highest BCUT2D eigenvalue weighted by Crippen LogP contribution is 2.28. The molecule has 0 amide bonds. The molecule has 1 heterocycles. The van der Waals surface area contributed by atoms with Crippen LogP contribution >= 0.6 is 0 Å². The van der Waals surface area contributed by atoms with Crippen molar-refractivity contribution in [2.24, 2.45) is 5.92 Å². The minimum Gasteiger partial charge on any atom is -0.316 e. The number of hydrogen-bond donors (Lipinski definition) is 1. The van der Waals surface area contributed by atoms with Gasteiger partial charge in [0.15, 0.2) is 0 Å². The summed E-state index contributed by atoms with van der Waals surface area (Å²) in [6, 6.07) is 0.960. The molecule has 1 saturated heterocycles. The van der Waals surface area contributed by atoms with Crippen molar-refractivity contribution >= 4 is 0 Å². The maximum absolute atomic E-state index is 3.52. The Morgan fingerprint density at radius 1 is 1.20 bits per heavy atom. The molecule has 0 aromatic carbocycles. The second-order valence-corrected chi connectivity index (χ2v) is 5.27. The molecule has 1 aliphatic heterocycles. The molecule has 2 nitrogen and oxygen atoms in total. The Labute approximate surface area is 94.4 Å². The summed E-state index contributed by atoms with van der Waals surface area (Å²) in [7, 11) is 0. The maximum atomic E-state index is 3.52. The second kappa shape index (κ2) is 5.86. The van der Waals surface area contributed by atoms with E-state index in [9.17, 15) is 0 Å². The maximum Gasteiger partial charge on any atom is 0.00964 e. The van der Waals surface area contributed by atoms with Gasteiger partial charge >= 0.3 is 0 Å². The van der Waals surface area contributed by atoms with Gasteiger partial charge in [0, 0.05) is 6.04 Å². The van der Waals surface area contributed by atoms with Gasteiger partial charge in [-0.1, -0.05) is 6.92 Å². The normalized spacial score (nSPS) is 27.2. The SMILES string of the molecule is CCCN(CCC1CCCNC1)C1CC1. The van der Waals surface area contributed by atoms with Crippen molar-refractivity contribution in [3.63, 3.8) is 0 Å². The summed E-state index contributed by atoms with van der Waals surface area (Å²) < 4.78 is 0. The van der Waals surface area contributed by atoms with E-state index in [-0.39, 0.29) is 0 Å². The number of rotatable bonds is 6. The predicted molar refractivity (Wildman–Crippen MR) is 65.1 cm³/mol. The molecule has 88 valence electrons. The van der Waals surface area contributed by atoms with E-state index in [1.165, 1.54) is 64.7 Å². The van der Waals surface area contributed by atoms with Crippen LogP contribution in [-0.2, 0) is 0 Å². The van der Waals surface area contributed by atoms with Crippen LogP contribution in [0.5, 0.6) is 0 Å². The summed E-state index contributed by atoms with van der Waals surface area (Å²) in [6.07, 6.45) is 8.51. The highest BCUT2D eigenvalue weighted by Gasteiger charge is 2.28. The fourth-order valence-corrected chi connectivity index (χ4v) is 2.72. The van der Waals surface area contributed by atoms with Gasteiger partial charge in [0.2, 0.25) is 0 Å². The van der Waals surface area contributed by atoms with Crippen LogP contribution in [0.4, 0.5) is 0 Å². The zero-order valence-corrected chi connectivity index (χ0v) is 10.2. The molecule has 0 spiro atoms. The molecule has 1 N–H and O–H groups in total. The molecular weight excluding hydrogens is 184 g/mol. The predicted octanol–water partition coefficient (Wildman–Crippen LogP) is 2.25. The van der Waals surface area contributed by atoms with Crippen molar-refractivity contribution in [3.8, 4) is 0 Å². The molecule has 15 heavy (non-hydrogen) atoms. The minimum absolute atomic E-state index is 0.955. The minimum atomic E-state index is 0.955. The number of piperidine rings is 1. The summed E-state index contributed by atoms with van der Waals surface area (Å²) in [4.78, 5) is 2.73. The van der Waals surface area contributed by atoms with Crippen molar-refractivity contribution < 1.29 is 0 Å². The molecule has 0 radical (unpaired) electrons. The fourth-order valence-electron chi connectivity index (χ4n) is 2.72. The highest BCUT2D eigenvalue weighted by atomic mass is 15.2. The Kier molecular flexibility index (Phi) is 4.45. The monoisotopic (exact) mass is 210 g/mol. The molecule has 0 aromatic heterocycles. The quantitative estimate of drug-likeness (QED) is 0.723. The molecule has 0 bridgehead atoms. The molecule has 2 fully saturated rings. The van der Waals surface area contributed by atoms with Crippen LogP contribution in [0.1, 0.15) is 45.4 Å². The van der Waals surface area contributed by atoms with Crippen molar-refractivity contribution in [1.29, 1.82) is 0 Å². The van der Waals surface area contributed by atoms with Gasteiger partial charge in [0.25, 0.3) is 0 Å². The van der Waals surface area contributed by atoms with Crippen LogP contribution in [0.15, 0.2) is 0 Å². The molecule has 2 heteroatoms. The summed E-state index contributed by atoms with van der Waals surface area (Å²) >= 11 is 0. The van der Waals surface area contributed by atoms with Crippen LogP contribution < -0.4 is 5.32 Å². The Morgan fingerprint density at radius 3 is 2.67 bits per heavy atom. The largest absolute Gasteiger partial charge is 0.316 e. The van der Waals surface area contributed by atoms with Crippen LogP contribution in [0.3, 0.4) is 0 Å². The van der Waals surface area contributed by atoms with Crippen molar-refractivity contribution in [2.45, 2.75) is 51.5 Å². The van der Waals surface area contributed by atoms with Gasteiger partial charge in [-0.3, -0.25) is 0 Å². The zero-order valence-electron chi connectivity index (χ0n) is 10.2. The van der Waals surface area contributed by atoms with Crippen molar-refractivity contribution in [2.75, 3.05) is 26.2 Å². The van der Waals surface area contributed by atoms with E-state index in [1.807, 2.05) is 0 Å². The van der Waals surface area contributed by atoms with Crippen molar-refractivity contribution in [1.82, 2.24) is 10.2 Å². The lowest BCUT2D eigenvalue weighted by Crippen LogP contribution is -2.34. The van der Waals surface area contributed by atoms with Gasteiger partial charge in [0.1, 0.15) is 0 Å². The average molecular weight is 210 g/mol. The van der Waals surface area contributed by atoms with Gasteiger partial charge in [-0.25, -0.2) is 0 Å². The smallest absolute Gasteiger partial charge is 0.00964 e. The number of hydrogen-bond acceptors (Lipinski definition) is 2. The van der Waals surface area contributed by atoms with Crippen LogP contribution in [0.2, 0.25) is 0 Å². The summed E-state index contributed by atoms with van der Waals surface area (Å²) in [5.74, 6) is 0.955. The summed E-state index contributed by atoms with van der Waals surface area (Å²) in [6.45, 7) is 7.50. The van der Waals surface area contributed by atoms with E-state index in [4.69, 9.17) is 0 Å². The Hall–Kier alpha value is -0.0800. The molecule has 1 atom stereocenters. The topological polar surface area (TPSA) is 15.3 Å². The molecule has 2 aliphatic rings. The lowest BCUT2D eigenvalue weighted by atomic mass is 9.96. The Balaban J connectivity index is 1.65. The molecule has 2 rings (SSSR count). The molecule has 1 aliphatic carbocycles.